The molecule has 7 heteroatoms. The van der Waals surface area contributed by atoms with Crippen molar-refractivity contribution in [3.63, 3.8) is 0 Å². The Hall–Kier alpha value is -1.70. The summed E-state index contributed by atoms with van der Waals surface area (Å²) in [5, 5.41) is 7.06. The summed E-state index contributed by atoms with van der Waals surface area (Å²) in [6, 6.07) is 8.68. The average Bonchev–Trinajstić information content (AvgIpc) is 3.26. The standard InChI is InChI=1S/C17H21N3O3S/c21-24(22,20-12-8-17(13-20)6-10-18-11-7-17)16-4-2-1-3-14(16)15-5-9-19-23-15/h1-5,9,18H,6-8,10-13H2. The van der Waals surface area contributed by atoms with Gasteiger partial charge in [0.2, 0.25) is 10.0 Å². The Morgan fingerprint density at radius 3 is 2.67 bits per heavy atom. The van der Waals surface area contributed by atoms with Crippen LogP contribution in [0.2, 0.25) is 0 Å². The van der Waals surface area contributed by atoms with Crippen molar-refractivity contribution in [2.45, 2.75) is 24.2 Å². The Kier molecular flexibility index (Phi) is 3.94. The topological polar surface area (TPSA) is 75.4 Å². The van der Waals surface area contributed by atoms with E-state index in [1.807, 2.05) is 6.07 Å². The maximum absolute atomic E-state index is 13.2. The van der Waals surface area contributed by atoms with Gasteiger partial charge in [-0.3, -0.25) is 0 Å². The van der Waals surface area contributed by atoms with Gasteiger partial charge in [0.15, 0.2) is 5.76 Å². The fourth-order valence-corrected chi connectivity index (χ4v) is 5.60. The highest BCUT2D eigenvalue weighted by atomic mass is 32.2. The molecular formula is C17H21N3O3S. The summed E-state index contributed by atoms with van der Waals surface area (Å²) >= 11 is 0. The van der Waals surface area contributed by atoms with E-state index in [1.165, 1.54) is 6.20 Å². The van der Waals surface area contributed by atoms with E-state index in [0.29, 0.717) is 29.3 Å². The molecule has 0 amide bonds. The molecule has 0 saturated carbocycles. The van der Waals surface area contributed by atoms with Gasteiger partial charge < -0.3 is 9.84 Å². The second-order valence-corrected chi connectivity index (χ2v) is 8.62. The smallest absolute Gasteiger partial charge is 0.243 e. The van der Waals surface area contributed by atoms with E-state index in [0.717, 1.165) is 32.4 Å². The molecule has 2 saturated heterocycles. The van der Waals surface area contributed by atoms with Crippen LogP contribution in [0.25, 0.3) is 11.3 Å². The van der Waals surface area contributed by atoms with Crippen molar-refractivity contribution in [3.05, 3.63) is 36.5 Å². The minimum Gasteiger partial charge on any atom is -0.356 e. The van der Waals surface area contributed by atoms with Crippen LogP contribution < -0.4 is 5.32 Å². The van der Waals surface area contributed by atoms with Gasteiger partial charge in [-0.1, -0.05) is 17.3 Å². The van der Waals surface area contributed by atoms with Gasteiger partial charge in [-0.15, -0.1) is 0 Å². The van der Waals surface area contributed by atoms with Crippen LogP contribution in [0.15, 0.2) is 45.9 Å². The van der Waals surface area contributed by atoms with Gasteiger partial charge in [0, 0.05) is 24.7 Å². The predicted molar refractivity (Wildman–Crippen MR) is 89.9 cm³/mol. The highest BCUT2D eigenvalue weighted by Crippen LogP contribution is 2.41. The molecular weight excluding hydrogens is 326 g/mol. The molecule has 1 aromatic heterocycles. The molecule has 0 unspecified atom stereocenters. The number of rotatable bonds is 3. The summed E-state index contributed by atoms with van der Waals surface area (Å²) < 4.78 is 33.3. The number of aromatic nitrogens is 1. The Labute approximate surface area is 141 Å². The van der Waals surface area contributed by atoms with Gasteiger partial charge in [-0.05, 0) is 49.9 Å². The van der Waals surface area contributed by atoms with E-state index >= 15 is 0 Å². The van der Waals surface area contributed by atoms with Gasteiger partial charge in [0.1, 0.15) is 0 Å². The number of nitrogens with one attached hydrogen (secondary N) is 1. The lowest BCUT2D eigenvalue weighted by Crippen LogP contribution is -2.39. The van der Waals surface area contributed by atoms with Crippen LogP contribution in [0.4, 0.5) is 0 Å². The molecule has 1 aromatic carbocycles. The summed E-state index contributed by atoms with van der Waals surface area (Å²) in [4.78, 5) is 0.299. The van der Waals surface area contributed by atoms with Crippen LogP contribution in [-0.2, 0) is 10.0 Å². The van der Waals surface area contributed by atoms with Crippen LogP contribution in [0.3, 0.4) is 0 Å². The van der Waals surface area contributed by atoms with Gasteiger partial charge in [0.25, 0.3) is 0 Å². The van der Waals surface area contributed by atoms with Crippen LogP contribution in [0.1, 0.15) is 19.3 Å². The molecule has 1 spiro atoms. The SMILES string of the molecule is O=S(=O)(c1ccccc1-c1ccno1)N1CCC2(CCNCC2)C1. The van der Waals surface area contributed by atoms with Crippen molar-refractivity contribution in [2.24, 2.45) is 5.41 Å². The number of hydrogen-bond donors (Lipinski definition) is 1. The Bertz CT molecular complexity index is 811. The first-order chi connectivity index (χ1) is 11.6. The van der Waals surface area contributed by atoms with Crippen molar-refractivity contribution in [1.29, 1.82) is 0 Å². The largest absolute Gasteiger partial charge is 0.356 e. The summed E-state index contributed by atoms with van der Waals surface area (Å²) in [5.74, 6) is 0.477. The van der Waals surface area contributed by atoms with Crippen molar-refractivity contribution in [1.82, 2.24) is 14.8 Å². The second-order valence-electron chi connectivity index (χ2n) is 6.71. The van der Waals surface area contributed by atoms with E-state index in [9.17, 15) is 8.42 Å². The molecule has 24 heavy (non-hydrogen) atoms. The van der Waals surface area contributed by atoms with Crippen LogP contribution in [0, 0.1) is 5.41 Å². The lowest BCUT2D eigenvalue weighted by molar-refractivity contribution is 0.218. The molecule has 2 fully saturated rings. The summed E-state index contributed by atoms with van der Waals surface area (Å²) in [6.07, 6.45) is 4.56. The Morgan fingerprint density at radius 2 is 1.92 bits per heavy atom. The van der Waals surface area contributed by atoms with E-state index in [1.54, 1.807) is 28.6 Å². The first-order valence-electron chi connectivity index (χ1n) is 8.32. The number of hydrogen-bond acceptors (Lipinski definition) is 5. The lowest BCUT2D eigenvalue weighted by atomic mass is 9.78. The first-order valence-corrected chi connectivity index (χ1v) is 9.76. The highest BCUT2D eigenvalue weighted by Gasteiger charge is 2.43. The van der Waals surface area contributed by atoms with E-state index in [2.05, 4.69) is 10.5 Å². The van der Waals surface area contributed by atoms with Crippen LogP contribution >= 0.6 is 0 Å². The number of benzene rings is 1. The van der Waals surface area contributed by atoms with Gasteiger partial charge in [-0.25, -0.2) is 8.42 Å². The third kappa shape index (κ3) is 2.66. The number of nitrogens with zero attached hydrogens (tertiary/aromatic N) is 2. The third-order valence-electron chi connectivity index (χ3n) is 5.28. The quantitative estimate of drug-likeness (QED) is 0.920. The van der Waals surface area contributed by atoms with Crippen molar-refractivity contribution >= 4 is 10.0 Å². The molecule has 0 radical (unpaired) electrons. The second kappa shape index (κ2) is 5.98. The molecule has 2 aliphatic heterocycles. The minimum atomic E-state index is -3.55. The molecule has 128 valence electrons. The van der Waals surface area contributed by atoms with Crippen molar-refractivity contribution in [3.8, 4) is 11.3 Å². The fourth-order valence-electron chi connectivity index (χ4n) is 3.85. The van der Waals surface area contributed by atoms with E-state index in [4.69, 9.17) is 4.52 Å². The van der Waals surface area contributed by atoms with Gasteiger partial charge >= 0.3 is 0 Å². The zero-order chi connectivity index (χ0) is 16.6. The lowest BCUT2D eigenvalue weighted by Gasteiger charge is -2.33. The normalized spacial score (nSPS) is 21.3. The van der Waals surface area contributed by atoms with Crippen molar-refractivity contribution < 1.29 is 12.9 Å². The molecule has 0 aliphatic carbocycles. The minimum absolute atomic E-state index is 0.138. The van der Waals surface area contributed by atoms with E-state index < -0.39 is 10.0 Å². The Balaban J connectivity index is 1.67. The van der Waals surface area contributed by atoms with Crippen LogP contribution in [0.5, 0.6) is 0 Å². The highest BCUT2D eigenvalue weighted by molar-refractivity contribution is 7.89. The molecule has 4 rings (SSSR count). The summed E-state index contributed by atoms with van der Waals surface area (Å²) in [6.45, 7) is 3.15. The molecule has 0 atom stereocenters. The fraction of sp³-hybridized carbons (Fsp3) is 0.471. The molecule has 2 aromatic rings. The molecule has 3 heterocycles. The molecule has 1 N–H and O–H groups in total. The van der Waals surface area contributed by atoms with E-state index in [-0.39, 0.29) is 5.41 Å². The van der Waals surface area contributed by atoms with Gasteiger partial charge in [0.05, 0.1) is 11.1 Å². The zero-order valence-electron chi connectivity index (χ0n) is 13.4. The van der Waals surface area contributed by atoms with Crippen LogP contribution in [-0.4, -0.2) is 44.1 Å². The molecule has 0 bridgehead atoms. The Morgan fingerprint density at radius 1 is 1.12 bits per heavy atom. The maximum atomic E-state index is 13.2. The summed E-state index contributed by atoms with van der Waals surface area (Å²) in [7, 11) is -3.55. The van der Waals surface area contributed by atoms with Gasteiger partial charge in [-0.2, -0.15) is 4.31 Å². The predicted octanol–water partition coefficient (Wildman–Crippen LogP) is 2.11. The summed E-state index contributed by atoms with van der Waals surface area (Å²) in [5.41, 5.74) is 0.709. The average molecular weight is 347 g/mol. The maximum Gasteiger partial charge on any atom is 0.243 e. The number of piperidine rings is 1. The molecule has 6 nitrogen and oxygen atoms in total. The monoisotopic (exact) mass is 347 g/mol. The first kappa shape index (κ1) is 15.8. The number of sulfonamides is 1. The third-order valence-corrected chi connectivity index (χ3v) is 7.18. The molecule has 2 aliphatic rings. The zero-order valence-corrected chi connectivity index (χ0v) is 14.3. The van der Waals surface area contributed by atoms with Crippen molar-refractivity contribution in [2.75, 3.05) is 26.2 Å².